The molecule has 0 spiro atoms. The van der Waals surface area contributed by atoms with Crippen LogP contribution in [0.3, 0.4) is 0 Å². The van der Waals surface area contributed by atoms with E-state index in [1.165, 1.54) is 17.3 Å². The van der Waals surface area contributed by atoms with Gasteiger partial charge in [0, 0.05) is 0 Å². The second kappa shape index (κ2) is 7.33. The molecule has 0 fully saturated rings. The first-order valence-corrected chi connectivity index (χ1v) is 6.79. The van der Waals surface area contributed by atoms with E-state index in [9.17, 15) is 0 Å². The van der Waals surface area contributed by atoms with Gasteiger partial charge in [-0.2, -0.15) is 0 Å². The minimum atomic E-state index is 0.473. The van der Waals surface area contributed by atoms with Gasteiger partial charge in [-0.25, -0.2) is 0 Å². The first kappa shape index (κ1) is 14.9. The summed E-state index contributed by atoms with van der Waals surface area (Å²) >= 11 is 0. The summed E-state index contributed by atoms with van der Waals surface area (Å²) in [5.74, 6) is 1.62. The SMILES string of the molecule is Cc1cc(C)cc(OCCOc2ccc(C=NO)cc2)c1. The number of aryl methyl sites for hydroxylation is 2. The molecule has 2 aromatic carbocycles. The average Bonchev–Trinajstić information content (AvgIpc) is 2.45. The van der Waals surface area contributed by atoms with E-state index in [4.69, 9.17) is 14.7 Å². The Morgan fingerprint density at radius 3 is 2.05 bits per heavy atom. The highest BCUT2D eigenvalue weighted by molar-refractivity contribution is 5.79. The first-order chi connectivity index (χ1) is 10.2. The molecule has 0 atom stereocenters. The van der Waals surface area contributed by atoms with Gasteiger partial charge in [-0.1, -0.05) is 11.2 Å². The summed E-state index contributed by atoms with van der Waals surface area (Å²) in [6, 6.07) is 13.4. The van der Waals surface area contributed by atoms with Gasteiger partial charge in [0.2, 0.25) is 0 Å². The monoisotopic (exact) mass is 285 g/mol. The van der Waals surface area contributed by atoms with E-state index in [1.54, 1.807) is 0 Å². The molecule has 0 unspecified atom stereocenters. The molecule has 0 saturated heterocycles. The molecule has 4 nitrogen and oxygen atoms in total. The number of oxime groups is 1. The van der Waals surface area contributed by atoms with Crippen molar-refractivity contribution in [3.8, 4) is 11.5 Å². The van der Waals surface area contributed by atoms with Crippen molar-refractivity contribution in [2.24, 2.45) is 5.16 Å². The number of benzene rings is 2. The lowest BCUT2D eigenvalue weighted by Crippen LogP contribution is -2.09. The molecule has 0 aliphatic heterocycles. The smallest absolute Gasteiger partial charge is 0.122 e. The highest BCUT2D eigenvalue weighted by Gasteiger charge is 1.98. The fourth-order valence-corrected chi connectivity index (χ4v) is 2.05. The Kier molecular flexibility index (Phi) is 5.21. The summed E-state index contributed by atoms with van der Waals surface area (Å²) in [5.41, 5.74) is 3.19. The minimum Gasteiger partial charge on any atom is -0.490 e. The summed E-state index contributed by atoms with van der Waals surface area (Å²) in [6.45, 7) is 5.06. The maximum atomic E-state index is 8.43. The van der Waals surface area contributed by atoms with Crippen molar-refractivity contribution in [1.82, 2.24) is 0 Å². The standard InChI is InChI=1S/C17H19NO3/c1-13-9-14(2)11-17(10-13)21-8-7-20-16-5-3-15(4-6-16)12-18-19/h3-6,9-12,19H,7-8H2,1-2H3. The fraction of sp³-hybridized carbons (Fsp3) is 0.235. The van der Waals surface area contributed by atoms with Crippen LogP contribution in [0, 0.1) is 13.8 Å². The van der Waals surface area contributed by atoms with Crippen molar-refractivity contribution in [3.63, 3.8) is 0 Å². The Morgan fingerprint density at radius 2 is 1.48 bits per heavy atom. The number of nitrogens with zero attached hydrogens (tertiary/aromatic N) is 1. The quantitative estimate of drug-likeness (QED) is 0.382. The van der Waals surface area contributed by atoms with E-state index in [0.717, 1.165) is 17.1 Å². The Bertz CT molecular complexity index is 586. The number of rotatable bonds is 6. The second-order valence-corrected chi connectivity index (χ2v) is 4.83. The van der Waals surface area contributed by atoms with Gasteiger partial charge in [0.25, 0.3) is 0 Å². The largest absolute Gasteiger partial charge is 0.490 e. The molecule has 21 heavy (non-hydrogen) atoms. The Hall–Kier alpha value is -2.49. The highest BCUT2D eigenvalue weighted by Crippen LogP contribution is 2.16. The predicted molar refractivity (Wildman–Crippen MR) is 82.7 cm³/mol. The first-order valence-electron chi connectivity index (χ1n) is 6.79. The molecule has 0 heterocycles. The molecule has 0 amide bonds. The van der Waals surface area contributed by atoms with Crippen molar-refractivity contribution < 1.29 is 14.7 Å². The van der Waals surface area contributed by atoms with E-state index in [2.05, 4.69) is 11.2 Å². The molecule has 0 radical (unpaired) electrons. The molecule has 0 saturated carbocycles. The van der Waals surface area contributed by atoms with Crippen LogP contribution in [0.25, 0.3) is 0 Å². The lowest BCUT2D eigenvalue weighted by molar-refractivity contribution is 0.217. The summed E-state index contributed by atoms with van der Waals surface area (Å²) in [5, 5.41) is 11.4. The summed E-state index contributed by atoms with van der Waals surface area (Å²) in [4.78, 5) is 0. The molecular weight excluding hydrogens is 266 g/mol. The third-order valence-corrected chi connectivity index (χ3v) is 2.90. The molecule has 110 valence electrons. The van der Waals surface area contributed by atoms with E-state index < -0.39 is 0 Å². The minimum absolute atomic E-state index is 0.473. The van der Waals surface area contributed by atoms with Crippen molar-refractivity contribution in [1.29, 1.82) is 0 Å². The Morgan fingerprint density at radius 1 is 0.905 bits per heavy atom. The molecule has 0 aromatic heterocycles. The van der Waals surface area contributed by atoms with Crippen molar-refractivity contribution in [2.45, 2.75) is 13.8 Å². The maximum Gasteiger partial charge on any atom is 0.122 e. The maximum absolute atomic E-state index is 8.43. The molecule has 0 aliphatic carbocycles. The highest BCUT2D eigenvalue weighted by atomic mass is 16.5. The molecule has 2 aromatic rings. The lowest BCUT2D eigenvalue weighted by Gasteiger charge is -2.09. The molecule has 2 rings (SSSR count). The van der Waals surface area contributed by atoms with Crippen LogP contribution in [0.5, 0.6) is 11.5 Å². The summed E-state index contributed by atoms with van der Waals surface area (Å²) in [7, 11) is 0. The average molecular weight is 285 g/mol. The number of hydrogen-bond acceptors (Lipinski definition) is 4. The number of hydrogen-bond donors (Lipinski definition) is 1. The normalized spacial score (nSPS) is 10.8. The second-order valence-electron chi connectivity index (χ2n) is 4.83. The van der Waals surface area contributed by atoms with Gasteiger partial charge in [0.1, 0.15) is 24.7 Å². The zero-order valence-electron chi connectivity index (χ0n) is 12.2. The third kappa shape index (κ3) is 4.84. The van der Waals surface area contributed by atoms with Crippen LogP contribution in [-0.2, 0) is 0 Å². The molecule has 0 bridgehead atoms. The van der Waals surface area contributed by atoms with Crippen molar-refractivity contribution >= 4 is 6.21 Å². The van der Waals surface area contributed by atoms with Crippen molar-refractivity contribution in [2.75, 3.05) is 13.2 Å². The van der Waals surface area contributed by atoms with E-state index in [-0.39, 0.29) is 0 Å². The van der Waals surface area contributed by atoms with Crippen LogP contribution in [0.2, 0.25) is 0 Å². The lowest BCUT2D eigenvalue weighted by atomic mass is 10.1. The molecular formula is C17H19NO3. The van der Waals surface area contributed by atoms with E-state index in [1.807, 2.05) is 50.2 Å². The van der Waals surface area contributed by atoms with Crippen LogP contribution in [0.4, 0.5) is 0 Å². The van der Waals surface area contributed by atoms with Gasteiger partial charge in [0.05, 0.1) is 6.21 Å². The molecule has 4 heteroatoms. The van der Waals surface area contributed by atoms with Gasteiger partial charge in [-0.05, 0) is 66.9 Å². The molecule has 1 N–H and O–H groups in total. The van der Waals surface area contributed by atoms with Gasteiger partial charge in [-0.15, -0.1) is 0 Å². The van der Waals surface area contributed by atoms with Crippen LogP contribution >= 0.6 is 0 Å². The van der Waals surface area contributed by atoms with Gasteiger partial charge in [0.15, 0.2) is 0 Å². The van der Waals surface area contributed by atoms with Gasteiger partial charge in [-0.3, -0.25) is 0 Å². The Balaban J connectivity index is 1.79. The summed E-state index contributed by atoms with van der Waals surface area (Å²) in [6.07, 6.45) is 1.37. The number of ether oxygens (including phenoxy) is 2. The molecule has 0 aliphatic rings. The topological polar surface area (TPSA) is 51.0 Å². The zero-order valence-corrected chi connectivity index (χ0v) is 12.2. The predicted octanol–water partition coefficient (Wildman–Crippen LogP) is 3.57. The van der Waals surface area contributed by atoms with Gasteiger partial charge < -0.3 is 14.7 Å². The van der Waals surface area contributed by atoms with E-state index >= 15 is 0 Å². The fourth-order valence-electron chi connectivity index (χ4n) is 2.05. The van der Waals surface area contributed by atoms with Crippen LogP contribution in [0.1, 0.15) is 16.7 Å². The Labute approximate surface area is 124 Å². The van der Waals surface area contributed by atoms with Crippen LogP contribution in [-0.4, -0.2) is 24.6 Å². The third-order valence-electron chi connectivity index (χ3n) is 2.90. The van der Waals surface area contributed by atoms with Crippen LogP contribution in [0.15, 0.2) is 47.6 Å². The summed E-state index contributed by atoms with van der Waals surface area (Å²) < 4.78 is 11.3. The van der Waals surface area contributed by atoms with Crippen molar-refractivity contribution in [3.05, 3.63) is 59.2 Å². The zero-order chi connectivity index (χ0) is 15.1. The van der Waals surface area contributed by atoms with Crippen LogP contribution < -0.4 is 9.47 Å². The van der Waals surface area contributed by atoms with E-state index in [0.29, 0.717) is 13.2 Å². The van der Waals surface area contributed by atoms with Gasteiger partial charge >= 0.3 is 0 Å².